The smallest absolute Gasteiger partial charge is 0.383 e. The quantitative estimate of drug-likeness (QED) is 0.603. The van der Waals surface area contributed by atoms with Crippen LogP contribution < -0.4 is 10.6 Å². The van der Waals surface area contributed by atoms with Crippen LogP contribution in [0.1, 0.15) is 11.6 Å². The summed E-state index contributed by atoms with van der Waals surface area (Å²) in [5.74, 6) is -0.582. The maximum atomic E-state index is 13.4. The van der Waals surface area contributed by atoms with Gasteiger partial charge in [-0.15, -0.1) is 0 Å². The number of alkyl halides is 3. The Kier molecular flexibility index (Phi) is 5.58. The fourth-order valence-corrected chi connectivity index (χ4v) is 2.52. The fraction of sp³-hybridized carbons (Fsp3) is 0.222. The topological polar surface area (TPSA) is 54.8 Å². The van der Waals surface area contributed by atoms with Gasteiger partial charge >= 0.3 is 6.18 Å². The van der Waals surface area contributed by atoms with Crippen molar-refractivity contribution in [1.29, 1.82) is 0 Å². The molecule has 0 radical (unpaired) electrons. The molecular weight excluding hydrogens is 362 g/mol. The Balaban J connectivity index is 1.63. The van der Waals surface area contributed by atoms with Crippen LogP contribution in [0.2, 0.25) is 0 Å². The van der Waals surface area contributed by atoms with Crippen LogP contribution in [-0.2, 0) is 6.54 Å². The maximum Gasteiger partial charge on any atom is 0.412 e. The van der Waals surface area contributed by atoms with Crippen molar-refractivity contribution in [1.82, 2.24) is 14.8 Å². The molecule has 0 aliphatic rings. The average Bonchev–Trinajstić information content (AvgIpc) is 3.14. The van der Waals surface area contributed by atoms with Crippen molar-refractivity contribution in [2.24, 2.45) is 0 Å². The van der Waals surface area contributed by atoms with Crippen LogP contribution in [0.4, 0.5) is 28.9 Å². The first kappa shape index (κ1) is 18.7. The van der Waals surface area contributed by atoms with Crippen LogP contribution in [-0.4, -0.2) is 27.5 Å². The Morgan fingerprint density at radius 2 is 1.63 bits per heavy atom. The number of benzene rings is 2. The summed E-state index contributed by atoms with van der Waals surface area (Å²) in [7, 11) is 0. The van der Waals surface area contributed by atoms with Gasteiger partial charge in [-0.1, -0.05) is 12.1 Å². The van der Waals surface area contributed by atoms with E-state index in [9.17, 15) is 17.6 Å². The van der Waals surface area contributed by atoms with Gasteiger partial charge in [0.05, 0.1) is 6.54 Å². The van der Waals surface area contributed by atoms with Gasteiger partial charge in [0.25, 0.3) is 0 Å². The molecule has 0 aliphatic carbocycles. The summed E-state index contributed by atoms with van der Waals surface area (Å²) in [5.41, 5.74) is 1.02. The summed E-state index contributed by atoms with van der Waals surface area (Å²) in [4.78, 5) is 3.84. The van der Waals surface area contributed by atoms with Crippen molar-refractivity contribution in [2.75, 3.05) is 17.2 Å². The van der Waals surface area contributed by atoms with E-state index in [-0.39, 0.29) is 5.56 Å². The van der Waals surface area contributed by atoms with E-state index in [0.29, 0.717) is 18.8 Å². The second-order valence-electron chi connectivity index (χ2n) is 5.83. The van der Waals surface area contributed by atoms with Crippen LogP contribution in [0.25, 0.3) is 0 Å². The molecule has 1 atom stereocenters. The zero-order valence-electron chi connectivity index (χ0n) is 14.1. The second kappa shape index (κ2) is 8.07. The van der Waals surface area contributed by atoms with Crippen molar-refractivity contribution >= 4 is 11.4 Å². The summed E-state index contributed by atoms with van der Waals surface area (Å²) < 4.78 is 54.8. The molecule has 1 heterocycles. The van der Waals surface area contributed by atoms with Crippen LogP contribution in [0.15, 0.2) is 61.2 Å². The molecule has 27 heavy (non-hydrogen) atoms. The standard InChI is InChI=1S/C18H17F4N5/c19-14-3-1-13(2-4-14)17(18(20,21)22)26-16-7-5-15(6-8-16)24-9-10-27-12-23-11-25-27/h1-8,11-12,17,24,26H,9-10H2. The lowest BCUT2D eigenvalue weighted by Crippen LogP contribution is -2.27. The monoisotopic (exact) mass is 379 g/mol. The summed E-state index contributed by atoms with van der Waals surface area (Å²) in [6, 6.07) is 8.82. The normalized spacial score (nSPS) is 12.6. The molecule has 5 nitrogen and oxygen atoms in total. The molecule has 0 bridgehead atoms. The van der Waals surface area contributed by atoms with Gasteiger partial charge in [-0.2, -0.15) is 18.3 Å². The van der Waals surface area contributed by atoms with Crippen LogP contribution in [0, 0.1) is 5.82 Å². The van der Waals surface area contributed by atoms with Crippen molar-refractivity contribution in [2.45, 2.75) is 18.8 Å². The van der Waals surface area contributed by atoms with Crippen molar-refractivity contribution in [3.05, 3.63) is 72.6 Å². The summed E-state index contributed by atoms with van der Waals surface area (Å²) in [6.07, 6.45) is -1.48. The minimum atomic E-state index is -4.52. The van der Waals surface area contributed by atoms with E-state index in [1.807, 2.05) is 0 Å². The van der Waals surface area contributed by atoms with E-state index in [1.54, 1.807) is 35.3 Å². The number of rotatable bonds is 7. The Hall–Kier alpha value is -3.10. The van der Waals surface area contributed by atoms with E-state index in [0.717, 1.165) is 30.0 Å². The third-order valence-electron chi connectivity index (χ3n) is 3.86. The van der Waals surface area contributed by atoms with Gasteiger partial charge in [0.15, 0.2) is 0 Å². The number of aromatic nitrogens is 3. The molecule has 1 aromatic heterocycles. The molecule has 3 aromatic rings. The number of nitrogens with zero attached hydrogens (tertiary/aromatic N) is 3. The molecule has 0 saturated carbocycles. The molecule has 0 fully saturated rings. The van der Waals surface area contributed by atoms with Crippen molar-refractivity contribution < 1.29 is 17.6 Å². The highest BCUT2D eigenvalue weighted by Gasteiger charge is 2.40. The first-order chi connectivity index (χ1) is 12.9. The van der Waals surface area contributed by atoms with Crippen molar-refractivity contribution in [3.63, 3.8) is 0 Å². The Labute approximate surface area is 153 Å². The second-order valence-corrected chi connectivity index (χ2v) is 5.83. The Morgan fingerprint density at radius 1 is 0.963 bits per heavy atom. The van der Waals surface area contributed by atoms with Gasteiger partial charge < -0.3 is 10.6 Å². The fourth-order valence-electron chi connectivity index (χ4n) is 2.52. The highest BCUT2D eigenvalue weighted by atomic mass is 19.4. The minimum absolute atomic E-state index is 0.0565. The molecule has 2 aromatic carbocycles. The predicted octanol–water partition coefficient (Wildman–Crippen LogP) is 4.24. The minimum Gasteiger partial charge on any atom is -0.383 e. The van der Waals surface area contributed by atoms with Crippen LogP contribution >= 0.6 is 0 Å². The SMILES string of the molecule is Fc1ccc(C(Nc2ccc(NCCn3cncn3)cc2)C(F)(F)F)cc1. The first-order valence-corrected chi connectivity index (χ1v) is 8.17. The largest absolute Gasteiger partial charge is 0.412 e. The Morgan fingerprint density at radius 3 is 2.22 bits per heavy atom. The lowest BCUT2D eigenvalue weighted by atomic mass is 10.1. The van der Waals surface area contributed by atoms with E-state index in [4.69, 9.17) is 0 Å². The van der Waals surface area contributed by atoms with Gasteiger partial charge in [0.2, 0.25) is 0 Å². The molecule has 2 N–H and O–H groups in total. The third kappa shape index (κ3) is 5.19. The molecule has 0 saturated heterocycles. The number of hydrogen-bond donors (Lipinski definition) is 2. The molecule has 9 heteroatoms. The van der Waals surface area contributed by atoms with Gasteiger partial charge in [-0.25, -0.2) is 9.37 Å². The van der Waals surface area contributed by atoms with E-state index in [1.165, 1.54) is 6.33 Å². The average molecular weight is 379 g/mol. The maximum absolute atomic E-state index is 13.4. The molecule has 0 amide bonds. The zero-order chi connectivity index (χ0) is 19.3. The Bertz CT molecular complexity index is 830. The van der Waals surface area contributed by atoms with E-state index < -0.39 is 18.0 Å². The number of hydrogen-bond acceptors (Lipinski definition) is 4. The zero-order valence-corrected chi connectivity index (χ0v) is 14.1. The van der Waals surface area contributed by atoms with E-state index >= 15 is 0 Å². The summed E-state index contributed by atoms with van der Waals surface area (Å²) in [6.45, 7) is 1.21. The lowest BCUT2D eigenvalue weighted by molar-refractivity contribution is -0.144. The van der Waals surface area contributed by atoms with Gasteiger partial charge in [-0.3, -0.25) is 4.68 Å². The molecule has 0 aliphatic heterocycles. The third-order valence-corrected chi connectivity index (χ3v) is 3.86. The number of anilines is 2. The number of halogens is 4. The van der Waals surface area contributed by atoms with Gasteiger partial charge in [-0.05, 0) is 42.0 Å². The van der Waals surface area contributed by atoms with Crippen LogP contribution in [0.5, 0.6) is 0 Å². The lowest BCUT2D eigenvalue weighted by Gasteiger charge is -2.23. The summed E-state index contributed by atoms with van der Waals surface area (Å²) >= 11 is 0. The molecule has 1 unspecified atom stereocenters. The van der Waals surface area contributed by atoms with Crippen LogP contribution in [0.3, 0.4) is 0 Å². The van der Waals surface area contributed by atoms with E-state index in [2.05, 4.69) is 20.7 Å². The molecular formula is C18H17F4N5. The number of nitrogens with one attached hydrogen (secondary N) is 2. The highest BCUT2D eigenvalue weighted by Crippen LogP contribution is 2.35. The van der Waals surface area contributed by atoms with Crippen molar-refractivity contribution in [3.8, 4) is 0 Å². The highest BCUT2D eigenvalue weighted by molar-refractivity contribution is 5.54. The summed E-state index contributed by atoms with van der Waals surface area (Å²) in [5, 5.41) is 9.59. The van der Waals surface area contributed by atoms with Gasteiger partial charge in [0, 0.05) is 17.9 Å². The predicted molar refractivity (Wildman–Crippen MR) is 93.8 cm³/mol. The van der Waals surface area contributed by atoms with Gasteiger partial charge in [0.1, 0.15) is 24.5 Å². The molecule has 0 spiro atoms. The first-order valence-electron chi connectivity index (χ1n) is 8.17. The molecule has 3 rings (SSSR count). The molecule has 142 valence electrons.